The fourth-order valence-electron chi connectivity index (χ4n) is 2.51. The molecule has 20 heavy (non-hydrogen) atoms. The first-order valence-electron chi connectivity index (χ1n) is 7.11. The average Bonchev–Trinajstić information content (AvgIpc) is 2.75. The van der Waals surface area contributed by atoms with Gasteiger partial charge in [-0.25, -0.2) is 9.97 Å². The summed E-state index contributed by atoms with van der Waals surface area (Å²) in [5, 5.41) is 0. The lowest BCUT2D eigenvalue weighted by Crippen LogP contribution is -2.09. The van der Waals surface area contributed by atoms with Crippen molar-refractivity contribution < 1.29 is 0 Å². The van der Waals surface area contributed by atoms with Crippen molar-refractivity contribution in [2.75, 3.05) is 0 Å². The molecule has 0 aliphatic heterocycles. The molecule has 0 aliphatic carbocycles. The molecule has 110 valence electrons. The quantitative estimate of drug-likeness (QED) is 0.654. The number of halogens is 2. The zero-order valence-electron chi connectivity index (χ0n) is 12.2. The van der Waals surface area contributed by atoms with Gasteiger partial charge >= 0.3 is 0 Å². The Labute approximate surface area is 133 Å². The maximum atomic E-state index is 6.05. The number of nitrogens with zero attached hydrogens (tertiary/aromatic N) is 3. The Balaban J connectivity index is 2.27. The van der Waals surface area contributed by atoms with Gasteiger partial charge in [-0.15, -0.1) is 11.6 Å². The minimum absolute atomic E-state index is 0.376. The first kappa shape index (κ1) is 15.8. The highest BCUT2D eigenvalue weighted by molar-refractivity contribution is 9.10. The number of rotatable bonds is 6. The van der Waals surface area contributed by atoms with Crippen LogP contribution >= 0.6 is 27.5 Å². The summed E-state index contributed by atoms with van der Waals surface area (Å²) in [5.74, 6) is 2.08. The van der Waals surface area contributed by atoms with Crippen LogP contribution in [0, 0.1) is 5.92 Å². The second kappa shape index (κ2) is 6.90. The van der Waals surface area contributed by atoms with Gasteiger partial charge in [-0.2, -0.15) is 0 Å². The van der Waals surface area contributed by atoms with Crippen molar-refractivity contribution in [1.82, 2.24) is 14.5 Å². The van der Waals surface area contributed by atoms with Crippen LogP contribution in [0.2, 0.25) is 0 Å². The Kier molecular flexibility index (Phi) is 5.44. The normalized spacial score (nSPS) is 13.3. The molecule has 0 fully saturated rings. The lowest BCUT2D eigenvalue weighted by molar-refractivity contribution is 0.446. The maximum absolute atomic E-state index is 6.05. The van der Waals surface area contributed by atoms with Gasteiger partial charge in [0.05, 0.1) is 5.88 Å². The van der Waals surface area contributed by atoms with E-state index in [1.54, 1.807) is 0 Å². The molecule has 0 aromatic carbocycles. The molecule has 5 heteroatoms. The van der Waals surface area contributed by atoms with E-state index < -0.39 is 0 Å². The standard InChI is InChI=1S/C15H21BrClN3/c1-10(2)5-4-6-11(3)20-14(8-17)19-13-7-12(16)9-18-15(13)20/h7,9-11H,4-6,8H2,1-3H3. The molecule has 0 radical (unpaired) electrons. The Morgan fingerprint density at radius 2 is 2.05 bits per heavy atom. The summed E-state index contributed by atoms with van der Waals surface area (Å²) in [5.41, 5.74) is 1.84. The first-order chi connectivity index (χ1) is 9.52. The van der Waals surface area contributed by atoms with Crippen LogP contribution in [-0.4, -0.2) is 14.5 Å². The van der Waals surface area contributed by atoms with Crippen LogP contribution in [0.5, 0.6) is 0 Å². The zero-order valence-corrected chi connectivity index (χ0v) is 14.6. The van der Waals surface area contributed by atoms with Crippen molar-refractivity contribution in [3.63, 3.8) is 0 Å². The van der Waals surface area contributed by atoms with E-state index in [4.69, 9.17) is 11.6 Å². The lowest BCUT2D eigenvalue weighted by atomic mass is 10.0. The molecule has 1 unspecified atom stereocenters. The van der Waals surface area contributed by atoms with Crippen molar-refractivity contribution in [1.29, 1.82) is 0 Å². The molecular weight excluding hydrogens is 338 g/mol. The molecular formula is C15H21BrClN3. The number of aromatic nitrogens is 3. The van der Waals surface area contributed by atoms with Gasteiger partial charge in [0, 0.05) is 16.7 Å². The molecule has 0 bridgehead atoms. The van der Waals surface area contributed by atoms with E-state index in [0.29, 0.717) is 11.9 Å². The highest BCUT2D eigenvalue weighted by atomic mass is 79.9. The Hall–Kier alpha value is -0.610. The second-order valence-corrected chi connectivity index (χ2v) is 6.88. The summed E-state index contributed by atoms with van der Waals surface area (Å²) < 4.78 is 3.14. The van der Waals surface area contributed by atoms with Crippen LogP contribution in [0.25, 0.3) is 11.2 Å². The summed E-state index contributed by atoms with van der Waals surface area (Å²) in [4.78, 5) is 9.10. The third-order valence-electron chi connectivity index (χ3n) is 3.53. The van der Waals surface area contributed by atoms with E-state index in [0.717, 1.165) is 33.8 Å². The summed E-state index contributed by atoms with van der Waals surface area (Å²) in [6.07, 6.45) is 5.42. The van der Waals surface area contributed by atoms with E-state index in [2.05, 4.69) is 51.2 Å². The van der Waals surface area contributed by atoms with Gasteiger partial charge in [-0.05, 0) is 41.3 Å². The van der Waals surface area contributed by atoms with Gasteiger partial charge in [-0.1, -0.05) is 26.7 Å². The SMILES string of the molecule is CC(C)CCCC(C)n1c(CCl)nc2cc(Br)cnc21. The molecule has 2 rings (SSSR count). The van der Waals surface area contributed by atoms with E-state index in [-0.39, 0.29) is 0 Å². The highest BCUT2D eigenvalue weighted by Gasteiger charge is 2.16. The van der Waals surface area contributed by atoms with Gasteiger partial charge in [0.1, 0.15) is 11.3 Å². The summed E-state index contributed by atoms with van der Waals surface area (Å²) in [7, 11) is 0. The van der Waals surface area contributed by atoms with E-state index >= 15 is 0 Å². The Morgan fingerprint density at radius 3 is 2.70 bits per heavy atom. The number of pyridine rings is 1. The molecule has 1 atom stereocenters. The predicted octanol–water partition coefficient (Wildman–Crippen LogP) is 5.32. The van der Waals surface area contributed by atoms with Crippen LogP contribution in [0.4, 0.5) is 0 Å². The van der Waals surface area contributed by atoms with Crippen LogP contribution in [-0.2, 0) is 5.88 Å². The smallest absolute Gasteiger partial charge is 0.160 e. The third kappa shape index (κ3) is 3.53. The number of hydrogen-bond donors (Lipinski definition) is 0. The third-order valence-corrected chi connectivity index (χ3v) is 4.21. The molecule has 0 aliphatic rings. The largest absolute Gasteiger partial charge is 0.309 e. The molecule has 0 saturated carbocycles. The second-order valence-electron chi connectivity index (χ2n) is 5.70. The summed E-state index contributed by atoms with van der Waals surface area (Å²) >= 11 is 9.49. The van der Waals surface area contributed by atoms with E-state index in [1.807, 2.05) is 12.3 Å². The van der Waals surface area contributed by atoms with Crippen molar-refractivity contribution in [3.05, 3.63) is 22.6 Å². The minimum Gasteiger partial charge on any atom is -0.309 e. The average molecular weight is 359 g/mol. The fourth-order valence-corrected chi connectivity index (χ4v) is 3.02. The van der Waals surface area contributed by atoms with Crippen LogP contribution in [0.1, 0.15) is 51.9 Å². The Bertz CT molecular complexity index is 580. The summed E-state index contributed by atoms with van der Waals surface area (Å²) in [6, 6.07) is 2.37. The predicted molar refractivity (Wildman–Crippen MR) is 88.2 cm³/mol. The molecule has 2 aromatic rings. The molecule has 0 N–H and O–H groups in total. The van der Waals surface area contributed by atoms with Crippen LogP contribution in [0.15, 0.2) is 16.7 Å². The van der Waals surface area contributed by atoms with Crippen LogP contribution < -0.4 is 0 Å². The van der Waals surface area contributed by atoms with Gasteiger partial charge < -0.3 is 4.57 Å². The number of alkyl halides is 1. The van der Waals surface area contributed by atoms with Crippen molar-refractivity contribution >= 4 is 38.7 Å². The van der Waals surface area contributed by atoms with Gasteiger partial charge in [-0.3, -0.25) is 0 Å². The molecule has 2 aromatic heterocycles. The number of fused-ring (bicyclic) bond motifs is 1. The van der Waals surface area contributed by atoms with Crippen LogP contribution in [0.3, 0.4) is 0 Å². The van der Waals surface area contributed by atoms with Gasteiger partial charge in [0.15, 0.2) is 5.65 Å². The zero-order chi connectivity index (χ0) is 14.7. The first-order valence-corrected chi connectivity index (χ1v) is 8.44. The Morgan fingerprint density at radius 1 is 1.30 bits per heavy atom. The highest BCUT2D eigenvalue weighted by Crippen LogP contribution is 2.26. The minimum atomic E-state index is 0.376. The molecule has 3 nitrogen and oxygen atoms in total. The number of imidazole rings is 1. The van der Waals surface area contributed by atoms with Crippen molar-refractivity contribution in [2.24, 2.45) is 5.92 Å². The van der Waals surface area contributed by atoms with Gasteiger partial charge in [0.25, 0.3) is 0 Å². The van der Waals surface area contributed by atoms with Crippen molar-refractivity contribution in [3.8, 4) is 0 Å². The van der Waals surface area contributed by atoms with Gasteiger partial charge in [0.2, 0.25) is 0 Å². The van der Waals surface area contributed by atoms with E-state index in [1.165, 1.54) is 12.8 Å². The monoisotopic (exact) mass is 357 g/mol. The molecule has 0 amide bonds. The molecule has 0 saturated heterocycles. The van der Waals surface area contributed by atoms with E-state index in [9.17, 15) is 0 Å². The molecule has 2 heterocycles. The maximum Gasteiger partial charge on any atom is 0.160 e. The summed E-state index contributed by atoms with van der Waals surface area (Å²) in [6.45, 7) is 6.75. The van der Waals surface area contributed by atoms with Crippen molar-refractivity contribution in [2.45, 2.75) is 52.0 Å². The molecule has 0 spiro atoms. The number of hydrogen-bond acceptors (Lipinski definition) is 2. The topological polar surface area (TPSA) is 30.7 Å². The fraction of sp³-hybridized carbons (Fsp3) is 0.600. The lowest BCUT2D eigenvalue weighted by Gasteiger charge is -2.17.